The molecule has 1 aliphatic rings. The lowest BCUT2D eigenvalue weighted by Crippen LogP contribution is -2.40. The highest BCUT2D eigenvalue weighted by Gasteiger charge is 2.23. The Morgan fingerprint density at radius 2 is 1.95 bits per heavy atom. The van der Waals surface area contributed by atoms with Crippen molar-refractivity contribution in [3.05, 3.63) is 35.6 Å². The van der Waals surface area contributed by atoms with Crippen LogP contribution < -0.4 is 5.32 Å². The number of halogens is 1. The molecule has 1 aliphatic carbocycles. The van der Waals surface area contributed by atoms with Crippen molar-refractivity contribution in [2.45, 2.75) is 31.7 Å². The van der Waals surface area contributed by atoms with Crippen molar-refractivity contribution in [3.63, 3.8) is 0 Å². The van der Waals surface area contributed by atoms with Crippen LogP contribution in [0.1, 0.15) is 31.2 Å². The zero-order valence-corrected chi connectivity index (χ0v) is 11.0. The average molecular weight is 261 g/mol. The lowest BCUT2D eigenvalue weighted by atomic mass is 9.85. The van der Waals surface area contributed by atoms with Crippen LogP contribution in [0.3, 0.4) is 0 Å². The Balaban J connectivity index is 1.81. The number of nitrogens with one attached hydrogen (secondary N) is 1. The van der Waals surface area contributed by atoms with Crippen molar-refractivity contribution < 1.29 is 9.50 Å². The summed E-state index contributed by atoms with van der Waals surface area (Å²) < 4.78 is 12.7. The fourth-order valence-corrected chi connectivity index (χ4v) is 2.56. The minimum Gasteiger partial charge on any atom is -0.396 e. The van der Waals surface area contributed by atoms with Crippen LogP contribution in [0.2, 0.25) is 0 Å². The van der Waals surface area contributed by atoms with Gasteiger partial charge in [-0.3, -0.25) is 0 Å². The van der Waals surface area contributed by atoms with Crippen molar-refractivity contribution in [3.8, 4) is 11.8 Å². The van der Waals surface area contributed by atoms with Gasteiger partial charge in [-0.15, -0.1) is 0 Å². The number of aliphatic hydroxyl groups is 1. The number of rotatable bonds is 3. The van der Waals surface area contributed by atoms with Gasteiger partial charge in [0, 0.05) is 18.2 Å². The van der Waals surface area contributed by atoms with Crippen LogP contribution in [0, 0.1) is 23.6 Å². The van der Waals surface area contributed by atoms with Gasteiger partial charge in [-0.25, -0.2) is 4.39 Å². The summed E-state index contributed by atoms with van der Waals surface area (Å²) in [7, 11) is 0. The molecule has 0 heterocycles. The van der Waals surface area contributed by atoms with Crippen LogP contribution in [-0.4, -0.2) is 24.3 Å². The Bertz CT molecular complexity index is 446. The van der Waals surface area contributed by atoms with E-state index in [0.717, 1.165) is 18.4 Å². The molecule has 0 spiro atoms. The maximum atomic E-state index is 12.7. The minimum atomic E-state index is -0.239. The topological polar surface area (TPSA) is 32.3 Å². The molecule has 2 atom stereocenters. The Hall–Kier alpha value is -1.37. The molecule has 102 valence electrons. The van der Waals surface area contributed by atoms with E-state index in [2.05, 4.69) is 17.2 Å². The van der Waals surface area contributed by atoms with E-state index in [-0.39, 0.29) is 12.4 Å². The number of aliphatic hydroxyl groups excluding tert-OH is 1. The summed E-state index contributed by atoms with van der Waals surface area (Å²) in [5.74, 6) is 6.17. The molecule has 1 aromatic rings. The molecule has 0 bridgehead atoms. The van der Waals surface area contributed by atoms with Crippen molar-refractivity contribution >= 4 is 0 Å². The quantitative estimate of drug-likeness (QED) is 0.818. The third-order valence-corrected chi connectivity index (χ3v) is 3.67. The highest BCUT2D eigenvalue weighted by molar-refractivity contribution is 5.34. The molecule has 1 aromatic carbocycles. The first kappa shape index (κ1) is 14.0. The molecule has 0 amide bonds. The SMILES string of the molecule is OC[C@@H]1CCCC[C@H]1NCC#Cc1ccc(F)cc1. The normalized spacial score (nSPS) is 22.6. The maximum Gasteiger partial charge on any atom is 0.123 e. The molecule has 0 saturated heterocycles. The lowest BCUT2D eigenvalue weighted by molar-refractivity contribution is 0.155. The van der Waals surface area contributed by atoms with E-state index < -0.39 is 0 Å². The molecule has 19 heavy (non-hydrogen) atoms. The Kier molecular flexibility index (Phi) is 5.38. The van der Waals surface area contributed by atoms with Crippen LogP contribution in [-0.2, 0) is 0 Å². The zero-order chi connectivity index (χ0) is 13.5. The fraction of sp³-hybridized carbons (Fsp3) is 0.500. The summed E-state index contributed by atoms with van der Waals surface area (Å²) in [6.07, 6.45) is 4.65. The van der Waals surface area contributed by atoms with Gasteiger partial charge in [-0.05, 0) is 43.0 Å². The second kappa shape index (κ2) is 7.28. The van der Waals surface area contributed by atoms with Gasteiger partial charge in [0.15, 0.2) is 0 Å². The van der Waals surface area contributed by atoms with Gasteiger partial charge in [0.1, 0.15) is 5.82 Å². The van der Waals surface area contributed by atoms with E-state index in [1.165, 1.54) is 25.0 Å². The second-order valence-electron chi connectivity index (χ2n) is 5.02. The molecule has 2 rings (SSSR count). The van der Waals surface area contributed by atoms with E-state index in [0.29, 0.717) is 18.5 Å². The molecule has 0 radical (unpaired) electrons. The lowest BCUT2D eigenvalue weighted by Gasteiger charge is -2.30. The second-order valence-corrected chi connectivity index (χ2v) is 5.02. The molecular formula is C16H20FNO. The molecule has 1 saturated carbocycles. The van der Waals surface area contributed by atoms with Gasteiger partial charge in [-0.2, -0.15) is 0 Å². The first-order valence-corrected chi connectivity index (χ1v) is 6.88. The van der Waals surface area contributed by atoms with Crippen molar-refractivity contribution in [1.82, 2.24) is 5.32 Å². The van der Waals surface area contributed by atoms with Crippen LogP contribution in [0.4, 0.5) is 4.39 Å². The molecular weight excluding hydrogens is 241 g/mol. The van der Waals surface area contributed by atoms with Gasteiger partial charge in [0.05, 0.1) is 6.54 Å². The van der Waals surface area contributed by atoms with Gasteiger partial charge < -0.3 is 10.4 Å². The highest BCUT2D eigenvalue weighted by Crippen LogP contribution is 2.23. The molecule has 0 aliphatic heterocycles. The fourth-order valence-electron chi connectivity index (χ4n) is 2.56. The third-order valence-electron chi connectivity index (χ3n) is 3.67. The van der Waals surface area contributed by atoms with Gasteiger partial charge in [0.2, 0.25) is 0 Å². The summed E-state index contributed by atoms with van der Waals surface area (Å²) in [6.45, 7) is 0.863. The molecule has 0 aromatic heterocycles. The highest BCUT2D eigenvalue weighted by atomic mass is 19.1. The average Bonchev–Trinajstić information content (AvgIpc) is 2.46. The predicted molar refractivity (Wildman–Crippen MR) is 74.1 cm³/mol. The monoisotopic (exact) mass is 261 g/mol. The van der Waals surface area contributed by atoms with E-state index in [1.54, 1.807) is 12.1 Å². The summed E-state index contributed by atoms with van der Waals surface area (Å²) in [4.78, 5) is 0. The Labute approximate surface area is 114 Å². The van der Waals surface area contributed by atoms with Crippen molar-refractivity contribution in [2.75, 3.05) is 13.2 Å². The third kappa shape index (κ3) is 4.34. The summed E-state index contributed by atoms with van der Waals surface area (Å²) in [5.41, 5.74) is 0.825. The zero-order valence-electron chi connectivity index (χ0n) is 11.0. The van der Waals surface area contributed by atoms with Gasteiger partial charge in [-0.1, -0.05) is 24.7 Å². The molecule has 0 unspecified atom stereocenters. The van der Waals surface area contributed by atoms with Crippen molar-refractivity contribution in [1.29, 1.82) is 0 Å². The Morgan fingerprint density at radius 3 is 2.68 bits per heavy atom. The first-order chi connectivity index (χ1) is 9.29. The van der Waals surface area contributed by atoms with Crippen LogP contribution in [0.5, 0.6) is 0 Å². The molecule has 2 nitrogen and oxygen atoms in total. The largest absolute Gasteiger partial charge is 0.396 e. The maximum absolute atomic E-state index is 12.7. The van der Waals surface area contributed by atoms with E-state index >= 15 is 0 Å². The predicted octanol–water partition coefficient (Wildman–Crippen LogP) is 2.32. The number of benzene rings is 1. The Morgan fingerprint density at radius 1 is 1.21 bits per heavy atom. The molecule has 1 fully saturated rings. The van der Waals surface area contributed by atoms with E-state index in [1.807, 2.05) is 0 Å². The summed E-state index contributed by atoms with van der Waals surface area (Å²) >= 11 is 0. The van der Waals surface area contributed by atoms with Gasteiger partial charge in [0.25, 0.3) is 0 Å². The van der Waals surface area contributed by atoms with Crippen LogP contribution in [0.15, 0.2) is 24.3 Å². The van der Waals surface area contributed by atoms with Crippen molar-refractivity contribution in [2.24, 2.45) is 5.92 Å². The van der Waals surface area contributed by atoms with Gasteiger partial charge >= 0.3 is 0 Å². The first-order valence-electron chi connectivity index (χ1n) is 6.88. The number of hydrogen-bond donors (Lipinski definition) is 2. The van der Waals surface area contributed by atoms with E-state index in [9.17, 15) is 9.50 Å². The smallest absolute Gasteiger partial charge is 0.123 e. The van der Waals surface area contributed by atoms with E-state index in [4.69, 9.17) is 0 Å². The molecule has 3 heteroatoms. The van der Waals surface area contributed by atoms with Crippen LogP contribution >= 0.6 is 0 Å². The minimum absolute atomic E-state index is 0.239. The molecule has 2 N–H and O–H groups in total. The standard InChI is InChI=1S/C16H20FNO/c17-15-9-7-13(8-10-15)4-3-11-18-16-6-2-1-5-14(16)12-19/h7-10,14,16,18-19H,1-2,5-6,11-12H2/t14-,16+/m0/s1. The summed E-state index contributed by atoms with van der Waals surface area (Å²) in [5, 5.41) is 12.7. The summed E-state index contributed by atoms with van der Waals surface area (Å²) in [6, 6.07) is 6.57. The van der Waals surface area contributed by atoms with Crippen LogP contribution in [0.25, 0.3) is 0 Å². The number of hydrogen-bond acceptors (Lipinski definition) is 2.